The van der Waals surface area contributed by atoms with Gasteiger partial charge in [0.05, 0.1) is 17.9 Å². The second-order valence-corrected chi connectivity index (χ2v) is 7.53. The molecule has 3 heterocycles. The molecule has 1 aliphatic heterocycles. The molecule has 6 nitrogen and oxygen atoms in total. The number of hydrogen-bond acceptors (Lipinski definition) is 4. The summed E-state index contributed by atoms with van der Waals surface area (Å²) < 4.78 is 0. The maximum Gasteiger partial charge on any atom is 0.275 e. The van der Waals surface area contributed by atoms with Crippen LogP contribution in [0.2, 0.25) is 0 Å². The highest BCUT2D eigenvalue weighted by Crippen LogP contribution is 2.33. The molecule has 4 rings (SSSR count). The van der Waals surface area contributed by atoms with Crippen molar-refractivity contribution in [2.75, 3.05) is 13.1 Å². The Bertz CT molecular complexity index is 747. The Kier molecular flexibility index (Phi) is 4.41. The topological polar surface area (TPSA) is 85.0 Å². The van der Waals surface area contributed by atoms with Crippen LogP contribution >= 0.6 is 0 Å². The van der Waals surface area contributed by atoms with Crippen LogP contribution in [0.25, 0.3) is 11.0 Å². The van der Waals surface area contributed by atoms with Crippen LogP contribution in [0, 0.1) is 11.8 Å². The van der Waals surface area contributed by atoms with Crippen molar-refractivity contribution in [2.24, 2.45) is 11.8 Å². The summed E-state index contributed by atoms with van der Waals surface area (Å²) in [5, 5.41) is 10.5. The van der Waals surface area contributed by atoms with E-state index in [0.717, 1.165) is 36.5 Å². The van der Waals surface area contributed by atoms with Crippen LogP contribution in [0.15, 0.2) is 17.3 Å². The van der Waals surface area contributed by atoms with Crippen molar-refractivity contribution in [2.45, 2.75) is 51.2 Å². The molecule has 130 valence electrons. The number of H-pyrrole nitrogens is 2. The Labute approximate surface area is 141 Å². The zero-order valence-electron chi connectivity index (χ0n) is 14.0. The number of aliphatic hydroxyl groups excluding tert-OH is 1. The van der Waals surface area contributed by atoms with E-state index in [0.29, 0.717) is 18.0 Å². The third-order valence-corrected chi connectivity index (χ3v) is 5.78. The van der Waals surface area contributed by atoms with Crippen LogP contribution in [0.1, 0.15) is 44.1 Å². The molecule has 6 heteroatoms. The predicted octanol–water partition coefficient (Wildman–Crippen LogP) is 2.01. The number of aromatic amines is 2. The summed E-state index contributed by atoms with van der Waals surface area (Å²) >= 11 is 0. The molecule has 3 N–H and O–H groups in total. The number of aromatic nitrogens is 3. The number of nitrogens with one attached hydrogen (secondary N) is 2. The molecule has 0 unspecified atom stereocenters. The third kappa shape index (κ3) is 3.13. The van der Waals surface area contributed by atoms with Gasteiger partial charge in [-0.3, -0.25) is 9.69 Å². The quantitative estimate of drug-likeness (QED) is 0.800. The fourth-order valence-electron chi connectivity index (χ4n) is 4.52. The van der Waals surface area contributed by atoms with E-state index in [1.165, 1.54) is 38.4 Å². The normalized spacial score (nSPS) is 26.4. The first-order valence-electron chi connectivity index (χ1n) is 9.15. The monoisotopic (exact) mass is 330 g/mol. The number of rotatable bonds is 4. The van der Waals surface area contributed by atoms with E-state index in [4.69, 9.17) is 0 Å². The largest absolute Gasteiger partial charge is 0.391 e. The molecule has 2 fully saturated rings. The number of hydrogen-bond donors (Lipinski definition) is 3. The lowest BCUT2D eigenvalue weighted by molar-refractivity contribution is 0.123. The van der Waals surface area contributed by atoms with Crippen LogP contribution in [-0.4, -0.2) is 44.2 Å². The summed E-state index contributed by atoms with van der Waals surface area (Å²) in [5.41, 5.74) is 2.17. The Balaban J connectivity index is 1.42. The average Bonchev–Trinajstić information content (AvgIpc) is 3.14. The van der Waals surface area contributed by atoms with Gasteiger partial charge in [0.1, 0.15) is 5.52 Å². The average molecular weight is 330 g/mol. The van der Waals surface area contributed by atoms with E-state index in [-0.39, 0.29) is 11.7 Å². The summed E-state index contributed by atoms with van der Waals surface area (Å²) in [4.78, 5) is 24.0. The summed E-state index contributed by atoms with van der Waals surface area (Å²) in [6.45, 7) is 2.38. The van der Waals surface area contributed by atoms with Gasteiger partial charge in [-0.15, -0.1) is 0 Å². The first-order valence-corrected chi connectivity index (χ1v) is 9.15. The second kappa shape index (κ2) is 6.69. The van der Waals surface area contributed by atoms with E-state index < -0.39 is 0 Å². The lowest BCUT2D eigenvalue weighted by Gasteiger charge is -2.25. The molecule has 0 amide bonds. The fraction of sp³-hybridized carbons (Fsp3) is 0.667. The van der Waals surface area contributed by atoms with Crippen molar-refractivity contribution in [1.29, 1.82) is 0 Å². The van der Waals surface area contributed by atoms with Crippen LogP contribution in [0.4, 0.5) is 0 Å². The Morgan fingerprint density at radius 1 is 1.21 bits per heavy atom. The van der Waals surface area contributed by atoms with Gasteiger partial charge in [0.25, 0.3) is 5.56 Å². The summed E-state index contributed by atoms with van der Waals surface area (Å²) in [5.74, 6) is 1.18. The van der Waals surface area contributed by atoms with E-state index in [1.807, 2.05) is 6.20 Å². The maximum absolute atomic E-state index is 11.8. The van der Waals surface area contributed by atoms with Gasteiger partial charge in [-0.2, -0.15) is 0 Å². The number of likely N-dealkylation sites (tertiary alicyclic amines) is 1. The molecular weight excluding hydrogens is 304 g/mol. The lowest BCUT2D eigenvalue weighted by Crippen LogP contribution is -2.22. The van der Waals surface area contributed by atoms with Crippen molar-refractivity contribution in [1.82, 2.24) is 19.9 Å². The summed E-state index contributed by atoms with van der Waals surface area (Å²) in [7, 11) is 0. The highest BCUT2D eigenvalue weighted by atomic mass is 16.3. The van der Waals surface area contributed by atoms with Crippen LogP contribution in [0.5, 0.6) is 0 Å². The third-order valence-electron chi connectivity index (χ3n) is 5.78. The highest BCUT2D eigenvalue weighted by molar-refractivity contribution is 5.77. The molecular formula is C18H26N4O2. The predicted molar refractivity (Wildman–Crippen MR) is 92.7 cm³/mol. The minimum atomic E-state index is -0.228. The lowest BCUT2D eigenvalue weighted by atomic mass is 9.82. The number of nitrogens with zero attached hydrogens (tertiary/aromatic N) is 2. The van der Waals surface area contributed by atoms with E-state index in [2.05, 4.69) is 19.9 Å². The molecule has 2 atom stereocenters. The molecule has 2 aliphatic rings. The van der Waals surface area contributed by atoms with Crippen molar-refractivity contribution in [3.05, 3.63) is 28.4 Å². The smallest absolute Gasteiger partial charge is 0.275 e. The number of β-amino-alcohol motifs (C(OH)–C–C–N with tert-alkyl or cyclic N) is 1. The van der Waals surface area contributed by atoms with Gasteiger partial charge in [-0.05, 0) is 18.3 Å². The molecule has 2 aromatic heterocycles. The molecule has 1 saturated carbocycles. The van der Waals surface area contributed by atoms with Crippen LogP contribution < -0.4 is 5.56 Å². The van der Waals surface area contributed by atoms with Crippen molar-refractivity contribution >= 4 is 11.0 Å². The first-order chi connectivity index (χ1) is 11.7. The van der Waals surface area contributed by atoms with Gasteiger partial charge in [-0.1, -0.05) is 32.1 Å². The summed E-state index contributed by atoms with van der Waals surface area (Å²) in [6.07, 6.45) is 11.0. The van der Waals surface area contributed by atoms with Gasteiger partial charge >= 0.3 is 0 Å². The van der Waals surface area contributed by atoms with E-state index >= 15 is 0 Å². The first kappa shape index (κ1) is 15.8. The van der Waals surface area contributed by atoms with Gasteiger partial charge < -0.3 is 15.1 Å². The fourth-order valence-corrected chi connectivity index (χ4v) is 4.52. The SMILES string of the molecule is O=c1[nH]cnc2c(CN3C[C@H](CC4CCCCC4)[C@@H](O)C3)c[nH]c12. The molecule has 0 aromatic carbocycles. The Morgan fingerprint density at radius 3 is 2.88 bits per heavy atom. The zero-order valence-corrected chi connectivity index (χ0v) is 14.0. The van der Waals surface area contributed by atoms with Crippen molar-refractivity contribution in [3.8, 4) is 0 Å². The van der Waals surface area contributed by atoms with Crippen LogP contribution in [-0.2, 0) is 6.54 Å². The molecule has 0 radical (unpaired) electrons. The van der Waals surface area contributed by atoms with Gasteiger partial charge in [-0.25, -0.2) is 4.98 Å². The zero-order chi connectivity index (χ0) is 16.5. The van der Waals surface area contributed by atoms with Crippen molar-refractivity contribution < 1.29 is 5.11 Å². The molecule has 1 saturated heterocycles. The maximum atomic E-state index is 11.8. The van der Waals surface area contributed by atoms with Gasteiger partial charge in [0.15, 0.2) is 0 Å². The molecule has 2 aromatic rings. The summed E-state index contributed by atoms with van der Waals surface area (Å²) in [6, 6.07) is 0. The van der Waals surface area contributed by atoms with Gasteiger partial charge in [0.2, 0.25) is 0 Å². The van der Waals surface area contributed by atoms with E-state index in [9.17, 15) is 9.90 Å². The Morgan fingerprint density at radius 2 is 2.04 bits per heavy atom. The molecule has 1 aliphatic carbocycles. The molecule has 0 bridgehead atoms. The second-order valence-electron chi connectivity index (χ2n) is 7.53. The number of aliphatic hydroxyl groups is 1. The van der Waals surface area contributed by atoms with E-state index in [1.54, 1.807) is 0 Å². The van der Waals surface area contributed by atoms with Crippen LogP contribution in [0.3, 0.4) is 0 Å². The highest BCUT2D eigenvalue weighted by Gasteiger charge is 2.33. The number of fused-ring (bicyclic) bond motifs is 1. The van der Waals surface area contributed by atoms with Gasteiger partial charge in [0, 0.05) is 31.4 Å². The molecule has 24 heavy (non-hydrogen) atoms. The standard InChI is InChI=1S/C18H26N4O2/c23-15-10-22(8-13(15)6-12-4-2-1-3-5-12)9-14-7-19-17-16(14)20-11-21-18(17)24/h7,11-13,15,19,23H,1-6,8-10H2,(H,20,21,24)/t13-,15-/m0/s1. The minimum Gasteiger partial charge on any atom is -0.391 e. The Hall–Kier alpha value is -1.66. The minimum absolute atomic E-state index is 0.136. The molecule has 0 spiro atoms. The van der Waals surface area contributed by atoms with Crippen molar-refractivity contribution in [3.63, 3.8) is 0 Å².